The molecule has 0 N–H and O–H groups in total. The molecule has 0 atom stereocenters. The largest absolute Gasteiger partial charge is 0.461 e. The molecule has 1 aromatic rings. The summed E-state index contributed by atoms with van der Waals surface area (Å²) >= 11 is 0. The zero-order valence-corrected chi connectivity index (χ0v) is 9.44. The number of benzene rings is 1. The second-order valence-corrected chi connectivity index (χ2v) is 3.54. The quantitative estimate of drug-likeness (QED) is 0.447. The number of carbonyl (C=O) groups excluding carboxylic acids is 1. The monoisotopic (exact) mass is 223 g/mol. The van der Waals surface area contributed by atoms with Gasteiger partial charge in [0.05, 0.1) is 4.92 Å². The Hall–Kier alpha value is -1.91. The molecule has 0 saturated carbocycles. The SMILES string of the molecule is CC(=O)OCc1c(C)ccc([N+](=O)[O-])c1C. The van der Waals surface area contributed by atoms with E-state index in [1.54, 1.807) is 13.0 Å². The van der Waals surface area contributed by atoms with Crippen LogP contribution in [-0.4, -0.2) is 10.9 Å². The Labute approximate surface area is 93.2 Å². The van der Waals surface area contributed by atoms with Crippen LogP contribution in [0.4, 0.5) is 5.69 Å². The fourth-order valence-corrected chi connectivity index (χ4v) is 1.47. The van der Waals surface area contributed by atoms with Gasteiger partial charge in [0.15, 0.2) is 0 Å². The minimum absolute atomic E-state index is 0.0488. The number of aryl methyl sites for hydroxylation is 1. The van der Waals surface area contributed by atoms with E-state index in [0.717, 1.165) is 5.56 Å². The minimum Gasteiger partial charge on any atom is -0.461 e. The van der Waals surface area contributed by atoms with Gasteiger partial charge in [0, 0.05) is 24.1 Å². The topological polar surface area (TPSA) is 69.4 Å². The fourth-order valence-electron chi connectivity index (χ4n) is 1.47. The van der Waals surface area contributed by atoms with E-state index in [2.05, 4.69) is 0 Å². The third kappa shape index (κ3) is 2.56. The number of nitro benzene ring substituents is 1. The third-order valence-corrected chi connectivity index (χ3v) is 2.42. The van der Waals surface area contributed by atoms with Crippen molar-refractivity contribution in [3.8, 4) is 0 Å². The first-order valence-corrected chi connectivity index (χ1v) is 4.80. The average molecular weight is 223 g/mol. The highest BCUT2D eigenvalue weighted by Crippen LogP contribution is 2.24. The van der Waals surface area contributed by atoms with Crippen molar-refractivity contribution in [2.75, 3.05) is 0 Å². The van der Waals surface area contributed by atoms with E-state index in [-0.39, 0.29) is 12.3 Å². The summed E-state index contributed by atoms with van der Waals surface area (Å²) in [4.78, 5) is 21.0. The molecule has 0 aliphatic heterocycles. The van der Waals surface area contributed by atoms with Crippen LogP contribution in [0.1, 0.15) is 23.6 Å². The van der Waals surface area contributed by atoms with Crippen LogP contribution in [-0.2, 0) is 16.1 Å². The Morgan fingerprint density at radius 2 is 2.06 bits per heavy atom. The molecule has 16 heavy (non-hydrogen) atoms. The molecule has 0 unspecified atom stereocenters. The van der Waals surface area contributed by atoms with Crippen molar-refractivity contribution in [3.63, 3.8) is 0 Å². The summed E-state index contributed by atoms with van der Waals surface area (Å²) in [6.07, 6.45) is 0. The highest BCUT2D eigenvalue weighted by atomic mass is 16.6. The molecular formula is C11H13NO4. The summed E-state index contributed by atoms with van der Waals surface area (Å²) in [5.74, 6) is -0.398. The van der Waals surface area contributed by atoms with Gasteiger partial charge in [0.1, 0.15) is 6.61 Å². The number of nitro groups is 1. The van der Waals surface area contributed by atoms with Crippen molar-refractivity contribution in [1.82, 2.24) is 0 Å². The normalized spacial score (nSPS) is 9.94. The lowest BCUT2D eigenvalue weighted by molar-refractivity contribution is -0.385. The summed E-state index contributed by atoms with van der Waals surface area (Å²) in [5, 5.41) is 10.7. The molecule has 0 fully saturated rings. The van der Waals surface area contributed by atoms with Crippen LogP contribution < -0.4 is 0 Å². The number of rotatable bonds is 3. The molecule has 0 saturated heterocycles. The molecule has 5 heteroatoms. The van der Waals surface area contributed by atoms with E-state index in [1.165, 1.54) is 13.0 Å². The van der Waals surface area contributed by atoms with Crippen LogP contribution in [0.3, 0.4) is 0 Å². The lowest BCUT2D eigenvalue weighted by Crippen LogP contribution is -2.04. The molecule has 0 radical (unpaired) electrons. The Morgan fingerprint density at radius 1 is 1.44 bits per heavy atom. The van der Waals surface area contributed by atoms with Crippen LogP contribution >= 0.6 is 0 Å². The molecule has 0 spiro atoms. The van der Waals surface area contributed by atoms with E-state index in [9.17, 15) is 14.9 Å². The predicted octanol–water partition coefficient (Wildman–Crippen LogP) is 2.27. The van der Waals surface area contributed by atoms with Gasteiger partial charge in [-0.1, -0.05) is 6.07 Å². The molecule has 1 aromatic carbocycles. The molecule has 0 aliphatic rings. The van der Waals surface area contributed by atoms with Gasteiger partial charge in [-0.15, -0.1) is 0 Å². The molecule has 0 heterocycles. The Balaban J connectivity index is 3.11. The summed E-state index contributed by atoms with van der Waals surface area (Å²) in [5.41, 5.74) is 2.17. The van der Waals surface area contributed by atoms with E-state index in [4.69, 9.17) is 4.74 Å². The minimum atomic E-state index is -0.438. The van der Waals surface area contributed by atoms with Gasteiger partial charge < -0.3 is 4.74 Å². The second-order valence-electron chi connectivity index (χ2n) is 3.54. The van der Waals surface area contributed by atoms with Crippen molar-refractivity contribution in [1.29, 1.82) is 0 Å². The molecule has 86 valence electrons. The maximum atomic E-state index is 10.7. The van der Waals surface area contributed by atoms with E-state index < -0.39 is 10.9 Å². The molecule has 0 aliphatic carbocycles. The maximum Gasteiger partial charge on any atom is 0.302 e. The summed E-state index contributed by atoms with van der Waals surface area (Å²) < 4.78 is 4.86. The van der Waals surface area contributed by atoms with E-state index in [0.29, 0.717) is 11.1 Å². The standard InChI is InChI=1S/C11H13NO4/c1-7-4-5-11(12(14)15)8(2)10(7)6-16-9(3)13/h4-5H,6H2,1-3H3. The number of hydrogen-bond donors (Lipinski definition) is 0. The summed E-state index contributed by atoms with van der Waals surface area (Å²) in [7, 11) is 0. The van der Waals surface area contributed by atoms with Crippen LogP contribution in [0.5, 0.6) is 0 Å². The lowest BCUT2D eigenvalue weighted by Gasteiger charge is -2.09. The highest BCUT2D eigenvalue weighted by Gasteiger charge is 2.16. The molecule has 5 nitrogen and oxygen atoms in total. The average Bonchev–Trinajstić information content (AvgIpc) is 2.16. The Morgan fingerprint density at radius 3 is 2.56 bits per heavy atom. The predicted molar refractivity (Wildman–Crippen MR) is 58.0 cm³/mol. The Kier molecular flexibility index (Phi) is 3.60. The first-order chi connectivity index (χ1) is 7.43. The number of carbonyl (C=O) groups is 1. The Bertz CT molecular complexity index is 440. The smallest absolute Gasteiger partial charge is 0.302 e. The van der Waals surface area contributed by atoms with Crippen molar-refractivity contribution in [2.24, 2.45) is 0 Å². The molecular weight excluding hydrogens is 210 g/mol. The fraction of sp³-hybridized carbons (Fsp3) is 0.364. The number of nitrogens with zero attached hydrogens (tertiary/aromatic N) is 1. The van der Waals surface area contributed by atoms with Crippen molar-refractivity contribution in [2.45, 2.75) is 27.4 Å². The van der Waals surface area contributed by atoms with E-state index in [1.807, 2.05) is 6.92 Å². The first-order valence-electron chi connectivity index (χ1n) is 4.80. The zero-order valence-electron chi connectivity index (χ0n) is 9.44. The van der Waals surface area contributed by atoms with E-state index >= 15 is 0 Å². The molecule has 0 bridgehead atoms. The van der Waals surface area contributed by atoms with Gasteiger partial charge in [-0.3, -0.25) is 14.9 Å². The maximum absolute atomic E-state index is 10.7. The highest BCUT2D eigenvalue weighted by molar-refractivity contribution is 5.66. The van der Waals surface area contributed by atoms with Crippen LogP contribution in [0.2, 0.25) is 0 Å². The molecule has 0 amide bonds. The zero-order chi connectivity index (χ0) is 12.3. The third-order valence-electron chi connectivity index (χ3n) is 2.42. The summed E-state index contributed by atoms with van der Waals surface area (Å²) in [6.45, 7) is 4.87. The van der Waals surface area contributed by atoms with Crippen LogP contribution in [0.15, 0.2) is 12.1 Å². The van der Waals surface area contributed by atoms with Gasteiger partial charge in [-0.2, -0.15) is 0 Å². The van der Waals surface area contributed by atoms with Gasteiger partial charge in [0.25, 0.3) is 5.69 Å². The second kappa shape index (κ2) is 4.74. The van der Waals surface area contributed by atoms with Gasteiger partial charge >= 0.3 is 5.97 Å². The van der Waals surface area contributed by atoms with Crippen molar-refractivity contribution >= 4 is 11.7 Å². The van der Waals surface area contributed by atoms with Gasteiger partial charge in [-0.25, -0.2) is 0 Å². The van der Waals surface area contributed by atoms with Crippen molar-refractivity contribution < 1.29 is 14.5 Å². The number of hydrogen-bond acceptors (Lipinski definition) is 4. The first kappa shape index (κ1) is 12.2. The molecule has 0 aromatic heterocycles. The van der Waals surface area contributed by atoms with Gasteiger partial charge in [-0.05, 0) is 19.4 Å². The number of esters is 1. The van der Waals surface area contributed by atoms with Gasteiger partial charge in [0.2, 0.25) is 0 Å². The van der Waals surface area contributed by atoms with Crippen LogP contribution in [0, 0.1) is 24.0 Å². The molecule has 1 rings (SSSR count). The van der Waals surface area contributed by atoms with Crippen LogP contribution in [0.25, 0.3) is 0 Å². The summed E-state index contributed by atoms with van der Waals surface area (Å²) in [6, 6.07) is 3.12. The number of ether oxygens (including phenoxy) is 1. The lowest BCUT2D eigenvalue weighted by atomic mass is 10.0. The van der Waals surface area contributed by atoms with Crippen molar-refractivity contribution in [3.05, 3.63) is 38.9 Å².